The molecule has 0 bridgehead atoms. The van der Waals surface area contributed by atoms with Crippen molar-refractivity contribution >= 4 is 29.2 Å². The number of carboxylic acids is 1. The molecule has 1 aliphatic carbocycles. The van der Waals surface area contributed by atoms with Crippen LogP contribution in [0.2, 0.25) is 0 Å². The minimum atomic E-state index is -1.01. The first-order chi connectivity index (χ1) is 6.30. The second-order valence-corrected chi connectivity index (χ2v) is 5.28. The van der Waals surface area contributed by atoms with Gasteiger partial charge < -0.3 is 9.90 Å². The van der Waals surface area contributed by atoms with Gasteiger partial charge in [-0.1, -0.05) is 44.0 Å². The maximum atomic E-state index is 11.1. The first-order valence-corrected chi connectivity index (χ1v) is 5.30. The number of hydrogen-bond donors (Lipinski definition) is 0. The zero-order valence-electron chi connectivity index (χ0n) is 8.43. The molecule has 0 aromatic heterocycles. The molecule has 0 aliphatic heterocycles. The predicted octanol–water partition coefficient (Wildman–Crippen LogP) is 2.11. The Labute approximate surface area is 93.9 Å². The topological polar surface area (TPSA) is 40.1 Å². The molecular weight excluding hydrogens is 223 g/mol. The SMILES string of the molecule is CCC1(C(=O)[O-])C(C=C(Cl)Cl)C1(C)C. The number of carboxylic acid groups (broad SMARTS) is 1. The fraction of sp³-hybridized carbons (Fsp3) is 0.700. The zero-order chi connectivity index (χ0) is 11.1. The lowest BCUT2D eigenvalue weighted by atomic mass is 9.93. The van der Waals surface area contributed by atoms with Crippen molar-refractivity contribution in [2.75, 3.05) is 0 Å². The van der Waals surface area contributed by atoms with Gasteiger partial charge in [0.2, 0.25) is 0 Å². The number of aliphatic carboxylic acids is 1. The van der Waals surface area contributed by atoms with Crippen molar-refractivity contribution in [2.24, 2.45) is 16.7 Å². The van der Waals surface area contributed by atoms with Crippen LogP contribution in [0.25, 0.3) is 0 Å². The van der Waals surface area contributed by atoms with Crippen LogP contribution in [0.5, 0.6) is 0 Å². The van der Waals surface area contributed by atoms with Crippen molar-refractivity contribution in [3.63, 3.8) is 0 Å². The Kier molecular flexibility index (Phi) is 2.90. The van der Waals surface area contributed by atoms with Gasteiger partial charge in [0, 0.05) is 11.4 Å². The Morgan fingerprint density at radius 1 is 1.50 bits per heavy atom. The quantitative estimate of drug-likeness (QED) is 0.752. The standard InChI is InChI=1S/C10H14Cl2O2/c1-4-10(8(13)14)6(5-7(11)12)9(10,2)3/h5-6H,4H2,1-3H3,(H,13,14)/p-1. The van der Waals surface area contributed by atoms with E-state index in [4.69, 9.17) is 23.2 Å². The number of hydrogen-bond acceptors (Lipinski definition) is 2. The third-order valence-electron chi connectivity index (χ3n) is 3.59. The van der Waals surface area contributed by atoms with Crippen LogP contribution in [0.4, 0.5) is 0 Å². The van der Waals surface area contributed by atoms with E-state index in [9.17, 15) is 9.90 Å². The van der Waals surface area contributed by atoms with Crippen LogP contribution >= 0.6 is 23.2 Å². The molecule has 4 heteroatoms. The summed E-state index contributed by atoms with van der Waals surface area (Å²) in [5.74, 6) is -1.14. The first kappa shape index (κ1) is 11.9. The van der Waals surface area contributed by atoms with E-state index in [1.807, 2.05) is 20.8 Å². The molecule has 0 saturated heterocycles. The molecule has 2 atom stereocenters. The van der Waals surface area contributed by atoms with Crippen LogP contribution in [0, 0.1) is 16.7 Å². The number of rotatable bonds is 3. The highest BCUT2D eigenvalue weighted by molar-refractivity contribution is 6.55. The molecule has 2 unspecified atom stereocenters. The maximum absolute atomic E-state index is 11.1. The summed E-state index contributed by atoms with van der Waals surface area (Å²) in [6.45, 7) is 5.63. The Morgan fingerprint density at radius 3 is 2.21 bits per heavy atom. The van der Waals surface area contributed by atoms with Crippen LogP contribution in [0.15, 0.2) is 10.6 Å². The normalized spacial score (nSPS) is 33.6. The summed E-state index contributed by atoms with van der Waals surface area (Å²) in [5.41, 5.74) is -1.13. The molecule has 1 saturated carbocycles. The molecule has 2 nitrogen and oxygen atoms in total. The Balaban J connectivity index is 3.03. The molecule has 0 spiro atoms. The van der Waals surface area contributed by atoms with Crippen molar-refractivity contribution in [1.29, 1.82) is 0 Å². The highest BCUT2D eigenvalue weighted by Gasteiger charge is 2.69. The van der Waals surface area contributed by atoms with Gasteiger partial charge in [0.15, 0.2) is 0 Å². The van der Waals surface area contributed by atoms with Crippen LogP contribution < -0.4 is 5.11 Å². The van der Waals surface area contributed by atoms with Gasteiger partial charge >= 0.3 is 0 Å². The lowest BCUT2D eigenvalue weighted by Gasteiger charge is -2.19. The largest absolute Gasteiger partial charge is 0.550 e. The smallest absolute Gasteiger partial charge is 0.103 e. The van der Waals surface area contributed by atoms with E-state index in [1.54, 1.807) is 6.08 Å². The van der Waals surface area contributed by atoms with Crippen LogP contribution in [-0.4, -0.2) is 5.97 Å². The number of halogens is 2. The van der Waals surface area contributed by atoms with Crippen molar-refractivity contribution < 1.29 is 9.90 Å². The number of carbonyl (C=O) groups is 1. The fourth-order valence-electron chi connectivity index (χ4n) is 2.58. The molecule has 1 fully saturated rings. The molecular formula is C10H13Cl2O2-. The van der Waals surface area contributed by atoms with Gasteiger partial charge in [-0.25, -0.2) is 0 Å². The summed E-state index contributed by atoms with van der Waals surface area (Å²) < 4.78 is 0.125. The lowest BCUT2D eigenvalue weighted by Crippen LogP contribution is -2.35. The lowest BCUT2D eigenvalue weighted by molar-refractivity contribution is -0.315. The Bertz CT molecular complexity index is 292. The highest BCUT2D eigenvalue weighted by Crippen LogP contribution is 2.71. The van der Waals surface area contributed by atoms with Crippen LogP contribution in [0.1, 0.15) is 27.2 Å². The summed E-state index contributed by atoms with van der Waals surface area (Å²) in [4.78, 5) is 11.1. The molecule has 0 amide bonds. The van der Waals surface area contributed by atoms with Gasteiger partial charge in [-0.3, -0.25) is 0 Å². The first-order valence-electron chi connectivity index (χ1n) is 4.55. The minimum Gasteiger partial charge on any atom is -0.550 e. The maximum Gasteiger partial charge on any atom is 0.103 e. The van der Waals surface area contributed by atoms with E-state index in [-0.39, 0.29) is 15.8 Å². The van der Waals surface area contributed by atoms with E-state index in [0.29, 0.717) is 6.42 Å². The van der Waals surface area contributed by atoms with Crippen molar-refractivity contribution in [3.8, 4) is 0 Å². The zero-order valence-corrected chi connectivity index (χ0v) is 9.95. The highest BCUT2D eigenvalue weighted by atomic mass is 35.5. The summed E-state index contributed by atoms with van der Waals surface area (Å²) in [6, 6.07) is 0. The van der Waals surface area contributed by atoms with Gasteiger partial charge in [-0.2, -0.15) is 0 Å². The van der Waals surface area contributed by atoms with Crippen molar-refractivity contribution in [1.82, 2.24) is 0 Å². The summed E-state index contributed by atoms with van der Waals surface area (Å²) in [6.07, 6.45) is 2.13. The van der Waals surface area contributed by atoms with Gasteiger partial charge in [0.1, 0.15) is 4.49 Å². The average molecular weight is 236 g/mol. The minimum absolute atomic E-state index is 0.125. The number of carbonyl (C=O) groups excluding carboxylic acids is 1. The molecule has 0 N–H and O–H groups in total. The van der Waals surface area contributed by atoms with Gasteiger partial charge in [0.25, 0.3) is 0 Å². The Hall–Kier alpha value is -0.210. The third-order valence-corrected chi connectivity index (χ3v) is 3.84. The number of allylic oxidation sites excluding steroid dienone is 1. The van der Waals surface area contributed by atoms with E-state index in [2.05, 4.69) is 0 Å². The summed E-state index contributed by atoms with van der Waals surface area (Å²) in [5, 5.41) is 11.1. The summed E-state index contributed by atoms with van der Waals surface area (Å²) in [7, 11) is 0. The monoisotopic (exact) mass is 235 g/mol. The second-order valence-electron chi connectivity index (χ2n) is 4.27. The van der Waals surface area contributed by atoms with Gasteiger partial charge in [0.05, 0.1) is 0 Å². The molecule has 1 aliphatic rings. The summed E-state index contributed by atoms with van der Waals surface area (Å²) >= 11 is 11.1. The third kappa shape index (κ3) is 1.36. The fourth-order valence-corrected chi connectivity index (χ4v) is 2.83. The van der Waals surface area contributed by atoms with Gasteiger partial charge in [-0.05, 0) is 23.8 Å². The van der Waals surface area contributed by atoms with Crippen LogP contribution in [-0.2, 0) is 4.79 Å². The van der Waals surface area contributed by atoms with Gasteiger partial charge in [-0.15, -0.1) is 0 Å². The van der Waals surface area contributed by atoms with Crippen molar-refractivity contribution in [2.45, 2.75) is 27.2 Å². The predicted molar refractivity (Wildman–Crippen MR) is 54.8 cm³/mol. The van der Waals surface area contributed by atoms with E-state index in [1.165, 1.54) is 0 Å². The molecule has 0 aromatic rings. The van der Waals surface area contributed by atoms with Crippen molar-refractivity contribution in [3.05, 3.63) is 10.6 Å². The molecule has 1 rings (SSSR count). The average Bonchev–Trinajstić information content (AvgIpc) is 2.48. The molecule has 14 heavy (non-hydrogen) atoms. The molecule has 0 aromatic carbocycles. The van der Waals surface area contributed by atoms with E-state index in [0.717, 1.165) is 0 Å². The van der Waals surface area contributed by atoms with Crippen LogP contribution in [0.3, 0.4) is 0 Å². The van der Waals surface area contributed by atoms with E-state index < -0.39 is 11.4 Å². The van der Waals surface area contributed by atoms with E-state index >= 15 is 0 Å². The molecule has 0 radical (unpaired) electrons. The second kappa shape index (κ2) is 3.42. The Morgan fingerprint density at radius 2 is 2.00 bits per heavy atom. The molecule has 80 valence electrons. The molecule has 0 heterocycles.